The molecule has 150 valence electrons. The third-order valence-electron chi connectivity index (χ3n) is 5.58. The number of esters is 1. The molecular weight excluding hydrogens is 374 g/mol. The van der Waals surface area contributed by atoms with Crippen LogP contribution in [0.4, 0.5) is 0 Å². The molecule has 0 spiro atoms. The lowest BCUT2D eigenvalue weighted by molar-refractivity contribution is -0.153. The summed E-state index contributed by atoms with van der Waals surface area (Å²) in [5, 5.41) is 0.681. The highest BCUT2D eigenvalue weighted by molar-refractivity contribution is 6.07. The van der Waals surface area contributed by atoms with Crippen molar-refractivity contribution in [2.75, 3.05) is 6.54 Å². The fraction of sp³-hybridized carbons (Fsp3) is 0.364. The highest BCUT2D eigenvalue weighted by atomic mass is 16.5. The van der Waals surface area contributed by atoms with Crippen molar-refractivity contribution < 1.29 is 23.5 Å². The van der Waals surface area contributed by atoms with Gasteiger partial charge >= 0.3 is 11.6 Å². The molecule has 1 saturated heterocycles. The second kappa shape index (κ2) is 7.66. The van der Waals surface area contributed by atoms with Gasteiger partial charge in [0.15, 0.2) is 0 Å². The maximum Gasteiger partial charge on any atom is 0.336 e. The topological polar surface area (TPSA) is 93.9 Å². The van der Waals surface area contributed by atoms with Crippen molar-refractivity contribution in [2.24, 2.45) is 11.8 Å². The Morgan fingerprint density at radius 3 is 2.45 bits per heavy atom. The Morgan fingerprint density at radius 2 is 1.79 bits per heavy atom. The van der Waals surface area contributed by atoms with Crippen molar-refractivity contribution in [3.05, 3.63) is 58.0 Å². The van der Waals surface area contributed by atoms with E-state index >= 15 is 0 Å². The van der Waals surface area contributed by atoms with E-state index in [0.29, 0.717) is 29.4 Å². The van der Waals surface area contributed by atoms with E-state index in [-0.39, 0.29) is 30.3 Å². The summed E-state index contributed by atoms with van der Waals surface area (Å²) in [7, 11) is 0. The van der Waals surface area contributed by atoms with Crippen molar-refractivity contribution in [2.45, 2.75) is 32.8 Å². The van der Waals surface area contributed by atoms with E-state index in [1.165, 1.54) is 6.07 Å². The number of nitrogens with zero attached hydrogens (tertiary/aromatic N) is 1. The van der Waals surface area contributed by atoms with Crippen molar-refractivity contribution >= 4 is 28.8 Å². The number of imide groups is 1. The summed E-state index contributed by atoms with van der Waals surface area (Å²) in [6.45, 7) is 1.44. The van der Waals surface area contributed by atoms with E-state index in [1.807, 2.05) is 31.2 Å². The molecule has 1 aromatic heterocycles. The Kier molecular flexibility index (Phi) is 5.05. The summed E-state index contributed by atoms with van der Waals surface area (Å²) in [5.74, 6) is -2.09. The predicted octanol–water partition coefficient (Wildman–Crippen LogP) is 2.35. The van der Waals surface area contributed by atoms with Gasteiger partial charge in [-0.05, 0) is 30.9 Å². The van der Waals surface area contributed by atoms with E-state index in [0.717, 1.165) is 16.9 Å². The predicted molar refractivity (Wildman–Crippen MR) is 104 cm³/mol. The van der Waals surface area contributed by atoms with Gasteiger partial charge in [0.05, 0.1) is 11.8 Å². The minimum Gasteiger partial charge on any atom is -0.459 e. The summed E-state index contributed by atoms with van der Waals surface area (Å²) < 4.78 is 10.5. The number of hydrogen-bond donors (Lipinski definition) is 0. The van der Waals surface area contributed by atoms with Crippen LogP contribution in [-0.2, 0) is 32.1 Å². The fourth-order valence-electron chi connectivity index (χ4n) is 3.97. The molecule has 1 fully saturated rings. The van der Waals surface area contributed by atoms with Crippen LogP contribution in [-0.4, -0.2) is 29.2 Å². The quantitative estimate of drug-likeness (QED) is 0.334. The van der Waals surface area contributed by atoms with Crippen LogP contribution in [0.3, 0.4) is 0 Å². The third-order valence-corrected chi connectivity index (χ3v) is 5.58. The van der Waals surface area contributed by atoms with Gasteiger partial charge in [-0.2, -0.15) is 0 Å². The highest BCUT2D eigenvalue weighted by Gasteiger charge is 2.47. The summed E-state index contributed by atoms with van der Waals surface area (Å²) in [4.78, 5) is 50.0. The second-order valence-corrected chi connectivity index (χ2v) is 7.35. The lowest BCUT2D eigenvalue weighted by Gasteiger charge is -2.14. The van der Waals surface area contributed by atoms with Crippen LogP contribution in [0.15, 0.2) is 45.6 Å². The summed E-state index contributed by atoms with van der Waals surface area (Å²) in [6, 6.07) is 6.82. The summed E-state index contributed by atoms with van der Waals surface area (Å²) in [5.41, 5.74) is 1.45. The van der Waals surface area contributed by atoms with Gasteiger partial charge in [0.1, 0.15) is 18.7 Å². The molecule has 7 nitrogen and oxygen atoms in total. The number of hydrogen-bond acceptors (Lipinski definition) is 6. The molecule has 0 saturated carbocycles. The van der Waals surface area contributed by atoms with Crippen LogP contribution in [0.5, 0.6) is 0 Å². The zero-order chi connectivity index (χ0) is 20.5. The molecule has 2 aromatic rings. The van der Waals surface area contributed by atoms with Gasteiger partial charge in [-0.3, -0.25) is 19.3 Å². The van der Waals surface area contributed by atoms with Gasteiger partial charge in [-0.15, -0.1) is 0 Å². The number of carbonyl (C=O) groups excluding carboxylic acids is 3. The first-order valence-electron chi connectivity index (χ1n) is 9.69. The van der Waals surface area contributed by atoms with E-state index in [4.69, 9.17) is 9.15 Å². The van der Waals surface area contributed by atoms with Crippen LogP contribution in [0, 0.1) is 11.8 Å². The molecule has 1 aromatic carbocycles. The normalized spacial score (nSPS) is 20.9. The zero-order valence-electron chi connectivity index (χ0n) is 16.1. The molecule has 29 heavy (non-hydrogen) atoms. The number of likely N-dealkylation sites (tertiary alicyclic amines) is 1. The first kappa shape index (κ1) is 19.1. The number of fused-ring (bicyclic) bond motifs is 2. The lowest BCUT2D eigenvalue weighted by atomic mass is 9.85. The van der Waals surface area contributed by atoms with Crippen LogP contribution >= 0.6 is 0 Å². The standard InChI is InChI=1S/C22H21NO6/c1-2-13-7-8-15-14(10-19(24)29-18(15)9-13)12-28-20(25)11-23-21(26)16-5-3-4-6-17(16)22(23)27/h3-4,7-10,16-17H,2,5-6,11-12H2,1H3. The maximum atomic E-state index is 12.4. The Hall–Kier alpha value is -3.22. The Bertz CT molecular complexity index is 1060. The Balaban J connectivity index is 1.46. The number of aryl methyl sites for hydroxylation is 1. The van der Waals surface area contributed by atoms with Gasteiger partial charge in [0, 0.05) is 17.0 Å². The van der Waals surface area contributed by atoms with Crippen molar-refractivity contribution in [3.8, 4) is 0 Å². The van der Waals surface area contributed by atoms with E-state index in [9.17, 15) is 19.2 Å². The van der Waals surface area contributed by atoms with Crippen molar-refractivity contribution in [3.63, 3.8) is 0 Å². The number of amides is 2. The highest BCUT2D eigenvalue weighted by Crippen LogP contribution is 2.34. The van der Waals surface area contributed by atoms with Gasteiger partial charge < -0.3 is 9.15 Å². The Labute approximate surface area is 166 Å². The molecule has 0 radical (unpaired) electrons. The number of ether oxygens (including phenoxy) is 1. The molecule has 4 rings (SSSR count). The summed E-state index contributed by atoms with van der Waals surface area (Å²) >= 11 is 0. The zero-order valence-corrected chi connectivity index (χ0v) is 16.1. The first-order valence-corrected chi connectivity index (χ1v) is 9.69. The number of carbonyl (C=O) groups is 3. The van der Waals surface area contributed by atoms with E-state index < -0.39 is 18.1 Å². The minimum absolute atomic E-state index is 0.142. The minimum atomic E-state index is -0.690. The lowest BCUT2D eigenvalue weighted by Crippen LogP contribution is -2.36. The average Bonchev–Trinajstić information content (AvgIpc) is 2.96. The summed E-state index contributed by atoms with van der Waals surface area (Å²) in [6.07, 6.45) is 5.63. The van der Waals surface area contributed by atoms with Crippen LogP contribution in [0.2, 0.25) is 0 Å². The van der Waals surface area contributed by atoms with Gasteiger partial charge in [0.25, 0.3) is 0 Å². The molecule has 0 N–H and O–H groups in total. The smallest absolute Gasteiger partial charge is 0.336 e. The first-order chi connectivity index (χ1) is 14.0. The number of rotatable bonds is 5. The van der Waals surface area contributed by atoms with E-state index in [1.54, 1.807) is 6.07 Å². The largest absolute Gasteiger partial charge is 0.459 e. The molecule has 7 heteroatoms. The molecule has 0 bridgehead atoms. The molecule has 2 atom stereocenters. The molecule has 1 aliphatic carbocycles. The molecule has 2 aliphatic rings. The van der Waals surface area contributed by atoms with Crippen LogP contribution < -0.4 is 5.63 Å². The fourth-order valence-corrected chi connectivity index (χ4v) is 3.97. The van der Waals surface area contributed by atoms with Crippen LogP contribution in [0.25, 0.3) is 11.0 Å². The number of benzene rings is 1. The SMILES string of the molecule is CCc1ccc2c(COC(=O)CN3C(=O)C4CC=CCC4C3=O)cc(=O)oc2c1. The third kappa shape index (κ3) is 3.60. The van der Waals surface area contributed by atoms with E-state index in [2.05, 4.69) is 0 Å². The monoisotopic (exact) mass is 395 g/mol. The van der Waals surface area contributed by atoms with Crippen molar-refractivity contribution in [1.29, 1.82) is 0 Å². The average molecular weight is 395 g/mol. The molecule has 2 heterocycles. The van der Waals surface area contributed by atoms with Crippen molar-refractivity contribution in [1.82, 2.24) is 4.90 Å². The number of allylic oxidation sites excluding steroid dienone is 2. The molecule has 2 amide bonds. The molecule has 1 aliphatic heterocycles. The van der Waals surface area contributed by atoms with Crippen LogP contribution in [0.1, 0.15) is 30.9 Å². The molecule has 2 unspecified atom stereocenters. The second-order valence-electron chi connectivity index (χ2n) is 7.35. The molecular formula is C22H21NO6. The van der Waals surface area contributed by atoms with Gasteiger partial charge in [-0.25, -0.2) is 4.79 Å². The van der Waals surface area contributed by atoms with Gasteiger partial charge in [0.2, 0.25) is 11.8 Å². The van der Waals surface area contributed by atoms with Gasteiger partial charge in [-0.1, -0.05) is 31.2 Å². The maximum absolute atomic E-state index is 12.4. The Morgan fingerprint density at radius 1 is 1.10 bits per heavy atom.